The van der Waals surface area contributed by atoms with Gasteiger partial charge >= 0.3 is 17.9 Å². The van der Waals surface area contributed by atoms with Gasteiger partial charge in [-0.2, -0.15) is 0 Å². The van der Waals surface area contributed by atoms with Gasteiger partial charge in [0.15, 0.2) is 6.10 Å². The molecule has 0 spiro atoms. The van der Waals surface area contributed by atoms with Gasteiger partial charge in [0, 0.05) is 19.3 Å². The van der Waals surface area contributed by atoms with Crippen LogP contribution in [0.3, 0.4) is 0 Å². The third kappa shape index (κ3) is 63.2. The van der Waals surface area contributed by atoms with Gasteiger partial charge in [-0.15, -0.1) is 0 Å². The van der Waals surface area contributed by atoms with E-state index in [9.17, 15) is 14.4 Å². The Hall–Kier alpha value is -3.67. The molecule has 1 unspecified atom stereocenters. The fraction of sp³-hybridized carbons (Fsp3) is 0.736. The van der Waals surface area contributed by atoms with E-state index >= 15 is 0 Å². The number of unbranched alkanes of at least 4 members (excludes halogenated alkanes) is 33. The molecule has 0 fully saturated rings. The molecule has 0 aliphatic heterocycles. The topological polar surface area (TPSA) is 78.9 Å². The number of hydrogen-bond donors (Lipinski definition) is 0. The van der Waals surface area contributed by atoms with Gasteiger partial charge in [0.1, 0.15) is 13.2 Å². The molecule has 0 aliphatic rings. The van der Waals surface area contributed by atoms with Crippen LogP contribution in [0.15, 0.2) is 97.2 Å². The first-order chi connectivity index (χ1) is 38.5. The molecule has 0 saturated carbocycles. The van der Waals surface area contributed by atoms with Crippen molar-refractivity contribution in [2.24, 2.45) is 0 Å². The molecule has 6 nitrogen and oxygen atoms in total. The normalized spacial score (nSPS) is 12.7. The molecule has 0 aromatic carbocycles. The van der Waals surface area contributed by atoms with E-state index in [1.807, 2.05) is 0 Å². The Morgan fingerprint density at radius 1 is 0.269 bits per heavy atom. The van der Waals surface area contributed by atoms with Crippen LogP contribution in [-0.4, -0.2) is 37.2 Å². The summed E-state index contributed by atoms with van der Waals surface area (Å²) in [6.45, 7) is 6.40. The summed E-state index contributed by atoms with van der Waals surface area (Å²) in [7, 11) is 0. The lowest BCUT2D eigenvalue weighted by atomic mass is 10.0. The summed E-state index contributed by atoms with van der Waals surface area (Å²) in [5.74, 6) is -0.879. The molecule has 6 heteroatoms. The van der Waals surface area contributed by atoms with Crippen molar-refractivity contribution in [2.75, 3.05) is 13.2 Å². The second kappa shape index (κ2) is 65.8. The predicted octanol–water partition coefficient (Wildman–Crippen LogP) is 22.8. The van der Waals surface area contributed by atoms with Crippen LogP contribution in [0, 0.1) is 0 Å². The van der Waals surface area contributed by atoms with Gasteiger partial charge in [-0.3, -0.25) is 14.4 Å². The lowest BCUT2D eigenvalue weighted by Gasteiger charge is -2.18. The zero-order chi connectivity index (χ0) is 56.4. The zero-order valence-corrected chi connectivity index (χ0v) is 51.4. The van der Waals surface area contributed by atoms with Crippen molar-refractivity contribution < 1.29 is 28.6 Å². The molecule has 0 radical (unpaired) electrons. The molecule has 0 rings (SSSR count). The molecule has 0 N–H and O–H groups in total. The number of carbonyl (C=O) groups is 3. The van der Waals surface area contributed by atoms with Crippen LogP contribution in [0.5, 0.6) is 0 Å². The van der Waals surface area contributed by atoms with Crippen molar-refractivity contribution >= 4 is 17.9 Å². The van der Waals surface area contributed by atoms with Gasteiger partial charge in [0.2, 0.25) is 0 Å². The molecule has 0 aliphatic carbocycles. The lowest BCUT2D eigenvalue weighted by Crippen LogP contribution is -2.30. The Labute approximate surface area is 483 Å². The average Bonchev–Trinajstić information content (AvgIpc) is 3.44. The van der Waals surface area contributed by atoms with E-state index in [2.05, 4.69) is 118 Å². The molecule has 0 bridgehead atoms. The van der Waals surface area contributed by atoms with Crippen LogP contribution in [-0.2, 0) is 28.6 Å². The Bertz CT molecular complexity index is 1530. The van der Waals surface area contributed by atoms with Crippen molar-refractivity contribution in [1.82, 2.24) is 0 Å². The Kier molecular flexibility index (Phi) is 62.7. The van der Waals surface area contributed by atoms with Crippen LogP contribution in [0.2, 0.25) is 0 Å². The molecule has 0 heterocycles. The lowest BCUT2D eigenvalue weighted by molar-refractivity contribution is -0.167. The van der Waals surface area contributed by atoms with E-state index in [4.69, 9.17) is 14.2 Å². The fourth-order valence-electron chi connectivity index (χ4n) is 9.43. The largest absolute Gasteiger partial charge is 0.462 e. The molecule has 78 heavy (non-hydrogen) atoms. The summed E-state index contributed by atoms with van der Waals surface area (Å²) in [6.07, 6.45) is 88.8. The van der Waals surface area contributed by atoms with Gasteiger partial charge in [-0.05, 0) is 96.3 Å². The summed E-state index contributed by atoms with van der Waals surface area (Å²) >= 11 is 0. The highest BCUT2D eigenvalue weighted by atomic mass is 16.6. The maximum Gasteiger partial charge on any atom is 0.306 e. The number of rotatable bonds is 60. The van der Waals surface area contributed by atoms with Crippen molar-refractivity contribution in [3.63, 3.8) is 0 Å². The monoisotopic (exact) mass is 1080 g/mol. The fourth-order valence-corrected chi connectivity index (χ4v) is 9.43. The van der Waals surface area contributed by atoms with Crippen LogP contribution in [0.25, 0.3) is 0 Å². The van der Waals surface area contributed by atoms with Crippen LogP contribution in [0.4, 0.5) is 0 Å². The minimum atomic E-state index is -0.778. The number of hydrogen-bond acceptors (Lipinski definition) is 6. The maximum absolute atomic E-state index is 12.9. The number of esters is 3. The molecule has 0 saturated heterocycles. The van der Waals surface area contributed by atoms with Crippen molar-refractivity contribution in [3.05, 3.63) is 97.2 Å². The van der Waals surface area contributed by atoms with Crippen molar-refractivity contribution in [2.45, 2.75) is 329 Å². The zero-order valence-electron chi connectivity index (χ0n) is 51.4. The van der Waals surface area contributed by atoms with Crippen molar-refractivity contribution in [3.8, 4) is 0 Å². The Balaban J connectivity index is 4.02. The Morgan fingerprint density at radius 2 is 0.500 bits per heavy atom. The van der Waals surface area contributed by atoms with Gasteiger partial charge in [-0.25, -0.2) is 0 Å². The summed E-state index contributed by atoms with van der Waals surface area (Å²) in [4.78, 5) is 38.1. The standard InChI is InChI=1S/C72H124O6/c1-4-7-10-13-16-19-21-23-25-27-28-29-30-31-32-33-34-35-36-37-38-39-40-41-42-43-44-46-47-49-51-53-56-59-62-65-71(74)77-68-69(67-76-70(73)64-61-58-55-18-15-12-9-6-3)78-72(75)66-63-60-57-54-52-50-48-45-26-24-22-20-17-14-11-8-5-2/h7-8,10-11,16-17,19-20,23-26,28-29,31-32,69H,4-6,9,12-15,18,21-22,27,30,33-68H2,1-3H3/b10-7-,11-8-,19-16-,20-17-,25-23-,26-24-,29-28-,32-31-. The SMILES string of the molecule is CC/C=C\C/C=C\C/C=C\C/C=C\C/C=C\CCCCCCCCCCCCCCCCCCCCCC(=O)OCC(COC(=O)CCCCCCCCCC)OC(=O)CCCCCCCCC/C=C\C/C=C\C/C=C\CC. The van der Waals surface area contributed by atoms with Crippen LogP contribution in [0.1, 0.15) is 323 Å². The summed E-state index contributed by atoms with van der Waals surface area (Å²) in [6, 6.07) is 0. The second-order valence-electron chi connectivity index (χ2n) is 22.0. The van der Waals surface area contributed by atoms with E-state index in [1.54, 1.807) is 0 Å². The number of carbonyl (C=O) groups excluding carboxylic acids is 3. The third-order valence-electron chi connectivity index (χ3n) is 14.3. The minimum absolute atomic E-state index is 0.0769. The quantitative estimate of drug-likeness (QED) is 0.0261. The highest BCUT2D eigenvalue weighted by molar-refractivity contribution is 5.71. The molecule has 0 amide bonds. The highest BCUT2D eigenvalue weighted by Gasteiger charge is 2.19. The highest BCUT2D eigenvalue weighted by Crippen LogP contribution is 2.17. The maximum atomic E-state index is 12.9. The summed E-state index contributed by atoms with van der Waals surface area (Å²) < 4.78 is 16.9. The third-order valence-corrected chi connectivity index (χ3v) is 14.3. The van der Waals surface area contributed by atoms with Crippen LogP contribution >= 0.6 is 0 Å². The van der Waals surface area contributed by atoms with E-state index in [1.165, 1.54) is 167 Å². The number of allylic oxidation sites excluding steroid dienone is 16. The Morgan fingerprint density at radius 3 is 0.782 bits per heavy atom. The molecular formula is C72H124O6. The van der Waals surface area contributed by atoms with E-state index < -0.39 is 6.10 Å². The first kappa shape index (κ1) is 74.3. The average molecular weight is 1090 g/mol. The number of ether oxygens (including phenoxy) is 3. The van der Waals surface area contributed by atoms with Gasteiger partial charge in [0.25, 0.3) is 0 Å². The first-order valence-electron chi connectivity index (χ1n) is 33.2. The molecular weight excluding hydrogens is 961 g/mol. The first-order valence-corrected chi connectivity index (χ1v) is 33.2. The molecule has 448 valence electrons. The smallest absolute Gasteiger partial charge is 0.306 e. The van der Waals surface area contributed by atoms with E-state index in [-0.39, 0.29) is 31.1 Å². The second-order valence-corrected chi connectivity index (χ2v) is 22.0. The van der Waals surface area contributed by atoms with Crippen molar-refractivity contribution in [1.29, 1.82) is 0 Å². The van der Waals surface area contributed by atoms with Crippen LogP contribution < -0.4 is 0 Å². The van der Waals surface area contributed by atoms with E-state index in [0.29, 0.717) is 19.3 Å². The molecule has 1 atom stereocenters. The predicted molar refractivity (Wildman–Crippen MR) is 339 cm³/mol. The molecule has 0 aromatic heterocycles. The molecule has 0 aromatic rings. The van der Waals surface area contributed by atoms with Gasteiger partial charge in [0.05, 0.1) is 0 Å². The summed E-state index contributed by atoms with van der Waals surface area (Å²) in [5.41, 5.74) is 0. The minimum Gasteiger partial charge on any atom is -0.462 e. The van der Waals surface area contributed by atoms with E-state index in [0.717, 1.165) is 116 Å². The summed E-state index contributed by atoms with van der Waals surface area (Å²) in [5, 5.41) is 0. The van der Waals surface area contributed by atoms with Gasteiger partial charge in [-0.1, -0.05) is 304 Å². The van der Waals surface area contributed by atoms with Gasteiger partial charge < -0.3 is 14.2 Å².